The zero-order valence-corrected chi connectivity index (χ0v) is 11.5. The van der Waals surface area contributed by atoms with Crippen LogP contribution in [0.5, 0.6) is 0 Å². The Morgan fingerprint density at radius 1 is 1.15 bits per heavy atom. The molecule has 0 aliphatic heterocycles. The molecule has 4 heteroatoms. The molecular formula is C16H18O4. The molecule has 4 nitrogen and oxygen atoms in total. The van der Waals surface area contributed by atoms with E-state index in [4.69, 9.17) is 0 Å². The number of hydrogen-bond donors (Lipinski definition) is 2. The number of aliphatic hydroxyl groups excluding tert-OH is 2. The molecule has 0 heterocycles. The summed E-state index contributed by atoms with van der Waals surface area (Å²) in [6.45, 7) is 1.99. The van der Waals surface area contributed by atoms with Gasteiger partial charge in [0, 0.05) is 0 Å². The summed E-state index contributed by atoms with van der Waals surface area (Å²) >= 11 is 0. The number of aryl methyl sites for hydroxylation is 1. The first-order valence-corrected chi connectivity index (χ1v) is 6.45. The maximum Gasteiger partial charge on any atom is 0.308 e. The number of aliphatic hydroxyl groups is 2. The molecule has 0 aliphatic carbocycles. The second kappa shape index (κ2) is 6.03. The van der Waals surface area contributed by atoms with Gasteiger partial charge in [-0.1, -0.05) is 36.4 Å². The molecule has 0 aromatic heterocycles. The molecule has 2 rings (SSSR count). The van der Waals surface area contributed by atoms with E-state index in [-0.39, 0.29) is 6.42 Å². The zero-order valence-electron chi connectivity index (χ0n) is 11.5. The summed E-state index contributed by atoms with van der Waals surface area (Å²) in [5.74, 6) is -0.548. The number of rotatable bonds is 4. The van der Waals surface area contributed by atoms with Crippen molar-refractivity contribution in [1.82, 2.24) is 0 Å². The van der Waals surface area contributed by atoms with E-state index in [1.165, 1.54) is 7.11 Å². The summed E-state index contributed by atoms with van der Waals surface area (Å²) in [7, 11) is 1.25. The number of ether oxygens (including phenoxy) is 1. The first-order chi connectivity index (χ1) is 9.54. The number of esters is 1. The second-order valence-corrected chi connectivity index (χ2v) is 4.81. The maximum absolute atomic E-state index is 11.2. The standard InChI is InChI=1S/C16H18O4/c1-10-7-8-13(12-6-4-3-5-11(10)12)16(19)14(17)9-15(18)20-2/h3-8,14,16-17,19H,9H2,1-2H3. The van der Waals surface area contributed by atoms with E-state index in [0.29, 0.717) is 5.56 Å². The molecule has 2 aromatic carbocycles. The monoisotopic (exact) mass is 274 g/mol. The maximum atomic E-state index is 11.2. The largest absolute Gasteiger partial charge is 0.469 e. The minimum Gasteiger partial charge on any atom is -0.469 e. The molecule has 20 heavy (non-hydrogen) atoms. The summed E-state index contributed by atoms with van der Waals surface area (Å²) < 4.78 is 4.50. The fourth-order valence-electron chi connectivity index (χ4n) is 2.30. The molecule has 0 saturated carbocycles. The van der Waals surface area contributed by atoms with Gasteiger partial charge in [-0.05, 0) is 28.8 Å². The molecule has 2 unspecified atom stereocenters. The number of benzene rings is 2. The molecule has 0 spiro atoms. The van der Waals surface area contributed by atoms with Gasteiger partial charge in [0.2, 0.25) is 0 Å². The minimum atomic E-state index is -1.19. The van der Waals surface area contributed by atoms with Crippen molar-refractivity contribution in [2.75, 3.05) is 7.11 Å². The van der Waals surface area contributed by atoms with E-state index in [2.05, 4.69) is 4.74 Å². The van der Waals surface area contributed by atoms with E-state index < -0.39 is 18.2 Å². The van der Waals surface area contributed by atoms with Crippen LogP contribution in [-0.4, -0.2) is 29.4 Å². The fraction of sp³-hybridized carbons (Fsp3) is 0.312. The molecule has 0 aliphatic rings. The number of fused-ring (bicyclic) bond motifs is 1. The highest BCUT2D eigenvalue weighted by molar-refractivity contribution is 5.89. The van der Waals surface area contributed by atoms with Crippen LogP contribution in [0.25, 0.3) is 10.8 Å². The Morgan fingerprint density at radius 3 is 2.45 bits per heavy atom. The van der Waals surface area contributed by atoms with E-state index in [0.717, 1.165) is 16.3 Å². The quantitative estimate of drug-likeness (QED) is 0.838. The molecule has 0 fully saturated rings. The van der Waals surface area contributed by atoms with Gasteiger partial charge in [-0.2, -0.15) is 0 Å². The summed E-state index contributed by atoms with van der Waals surface area (Å²) in [5, 5.41) is 22.1. The summed E-state index contributed by atoms with van der Waals surface area (Å²) in [6.07, 6.45) is -2.55. The molecule has 0 radical (unpaired) electrons. The van der Waals surface area contributed by atoms with Crippen LogP contribution in [0.2, 0.25) is 0 Å². The highest BCUT2D eigenvalue weighted by Crippen LogP contribution is 2.29. The van der Waals surface area contributed by atoms with E-state index in [9.17, 15) is 15.0 Å². The van der Waals surface area contributed by atoms with Gasteiger partial charge in [0.05, 0.1) is 19.6 Å². The Balaban J connectivity index is 2.37. The Hall–Kier alpha value is -1.91. The van der Waals surface area contributed by atoms with E-state index in [1.54, 1.807) is 6.07 Å². The lowest BCUT2D eigenvalue weighted by Crippen LogP contribution is -2.22. The van der Waals surface area contributed by atoms with Crippen molar-refractivity contribution < 1.29 is 19.7 Å². The second-order valence-electron chi connectivity index (χ2n) is 4.81. The summed E-state index contributed by atoms with van der Waals surface area (Å²) in [4.78, 5) is 11.2. The predicted octanol–water partition coefficient (Wildman–Crippen LogP) is 2.11. The van der Waals surface area contributed by atoms with Crippen LogP contribution in [0.15, 0.2) is 36.4 Å². The van der Waals surface area contributed by atoms with Crippen molar-refractivity contribution in [2.24, 2.45) is 0 Å². The Bertz CT molecular complexity index is 621. The molecule has 0 saturated heterocycles. The Labute approximate surface area is 117 Å². The van der Waals surface area contributed by atoms with Gasteiger partial charge in [0.1, 0.15) is 6.10 Å². The van der Waals surface area contributed by atoms with Gasteiger partial charge in [0.25, 0.3) is 0 Å². The highest BCUT2D eigenvalue weighted by atomic mass is 16.5. The van der Waals surface area contributed by atoms with Crippen LogP contribution in [0.4, 0.5) is 0 Å². The number of hydrogen-bond acceptors (Lipinski definition) is 4. The average Bonchev–Trinajstić information content (AvgIpc) is 2.47. The van der Waals surface area contributed by atoms with Crippen molar-refractivity contribution in [2.45, 2.75) is 25.6 Å². The van der Waals surface area contributed by atoms with Gasteiger partial charge in [-0.25, -0.2) is 0 Å². The van der Waals surface area contributed by atoms with Crippen molar-refractivity contribution in [3.05, 3.63) is 47.5 Å². The number of methoxy groups -OCH3 is 1. The van der Waals surface area contributed by atoms with Gasteiger partial charge in [-0.15, -0.1) is 0 Å². The topological polar surface area (TPSA) is 66.8 Å². The molecule has 0 bridgehead atoms. The number of carbonyl (C=O) groups is 1. The lowest BCUT2D eigenvalue weighted by molar-refractivity contribution is -0.144. The van der Waals surface area contributed by atoms with Crippen LogP contribution in [0, 0.1) is 6.92 Å². The third-order valence-corrected chi connectivity index (χ3v) is 3.46. The molecule has 2 atom stereocenters. The summed E-state index contributed by atoms with van der Waals surface area (Å²) in [5.41, 5.74) is 1.71. The smallest absolute Gasteiger partial charge is 0.308 e. The minimum absolute atomic E-state index is 0.236. The van der Waals surface area contributed by atoms with Gasteiger partial charge in [-0.3, -0.25) is 4.79 Å². The van der Waals surface area contributed by atoms with Crippen molar-refractivity contribution >= 4 is 16.7 Å². The summed E-state index contributed by atoms with van der Waals surface area (Å²) in [6, 6.07) is 11.3. The fourth-order valence-corrected chi connectivity index (χ4v) is 2.30. The van der Waals surface area contributed by atoms with Gasteiger partial charge < -0.3 is 14.9 Å². The van der Waals surface area contributed by atoms with Crippen molar-refractivity contribution in [3.63, 3.8) is 0 Å². The average molecular weight is 274 g/mol. The van der Waals surface area contributed by atoms with Crippen LogP contribution in [0.3, 0.4) is 0 Å². The van der Waals surface area contributed by atoms with Crippen LogP contribution >= 0.6 is 0 Å². The molecule has 2 aromatic rings. The van der Waals surface area contributed by atoms with Crippen molar-refractivity contribution in [1.29, 1.82) is 0 Å². The highest BCUT2D eigenvalue weighted by Gasteiger charge is 2.23. The molecular weight excluding hydrogens is 256 g/mol. The first kappa shape index (κ1) is 14.5. The molecule has 106 valence electrons. The third kappa shape index (κ3) is 2.81. The Morgan fingerprint density at radius 2 is 1.80 bits per heavy atom. The lowest BCUT2D eigenvalue weighted by atomic mass is 9.94. The SMILES string of the molecule is COC(=O)CC(O)C(O)c1ccc(C)c2ccccc12. The molecule has 2 N–H and O–H groups in total. The van der Waals surface area contributed by atoms with E-state index >= 15 is 0 Å². The van der Waals surface area contributed by atoms with Crippen LogP contribution in [0.1, 0.15) is 23.7 Å². The van der Waals surface area contributed by atoms with Gasteiger partial charge in [0.15, 0.2) is 0 Å². The first-order valence-electron chi connectivity index (χ1n) is 6.45. The van der Waals surface area contributed by atoms with Crippen LogP contribution < -0.4 is 0 Å². The van der Waals surface area contributed by atoms with Gasteiger partial charge >= 0.3 is 5.97 Å². The lowest BCUT2D eigenvalue weighted by Gasteiger charge is -2.19. The zero-order chi connectivity index (χ0) is 14.7. The Kier molecular flexibility index (Phi) is 4.37. The molecule has 0 amide bonds. The number of carbonyl (C=O) groups excluding carboxylic acids is 1. The third-order valence-electron chi connectivity index (χ3n) is 3.46. The van der Waals surface area contributed by atoms with E-state index in [1.807, 2.05) is 37.3 Å². The normalized spacial score (nSPS) is 14.0. The van der Waals surface area contributed by atoms with Crippen LogP contribution in [-0.2, 0) is 9.53 Å². The predicted molar refractivity (Wildman–Crippen MR) is 76.3 cm³/mol. The van der Waals surface area contributed by atoms with Crippen molar-refractivity contribution in [3.8, 4) is 0 Å².